The normalized spacial score (nSPS) is 21.8. The van der Waals surface area contributed by atoms with Crippen LogP contribution in [0.3, 0.4) is 0 Å². The fourth-order valence-corrected chi connectivity index (χ4v) is 4.74. The molecule has 2 aromatic carbocycles. The van der Waals surface area contributed by atoms with Crippen LogP contribution < -0.4 is 11.1 Å². The molecule has 0 heterocycles. The summed E-state index contributed by atoms with van der Waals surface area (Å²) in [6.07, 6.45) is 4.46. The number of sulfone groups is 1. The Morgan fingerprint density at radius 3 is 2.41 bits per heavy atom. The third kappa shape index (κ3) is 5.51. The fourth-order valence-electron chi connectivity index (χ4n) is 3.88. The van der Waals surface area contributed by atoms with Crippen molar-refractivity contribution in [2.24, 2.45) is 5.73 Å². The lowest BCUT2D eigenvalue weighted by Gasteiger charge is -2.40. The second-order valence-corrected chi connectivity index (χ2v) is 9.99. The number of carbonyl (C=O) groups excluding carboxylic acids is 1. The molecule has 0 spiro atoms. The highest BCUT2D eigenvalue weighted by Gasteiger charge is 2.36. The molecule has 158 valence electrons. The van der Waals surface area contributed by atoms with Crippen LogP contribution in [-0.4, -0.2) is 33.2 Å². The van der Waals surface area contributed by atoms with E-state index in [4.69, 9.17) is 17.3 Å². The first-order valence-corrected chi connectivity index (χ1v) is 11.6. The van der Waals surface area contributed by atoms with Gasteiger partial charge >= 0.3 is 0 Å². The third-order valence-electron chi connectivity index (χ3n) is 5.63. The van der Waals surface area contributed by atoms with Crippen molar-refractivity contribution in [1.82, 2.24) is 5.32 Å². The van der Waals surface area contributed by atoms with Gasteiger partial charge in [-0.25, -0.2) is 8.42 Å². The highest BCUT2D eigenvalue weighted by molar-refractivity contribution is 7.90. The van der Waals surface area contributed by atoms with Gasteiger partial charge in [0.05, 0.1) is 4.90 Å². The van der Waals surface area contributed by atoms with Gasteiger partial charge in [-0.15, -0.1) is 12.4 Å². The van der Waals surface area contributed by atoms with E-state index in [-0.39, 0.29) is 34.7 Å². The van der Waals surface area contributed by atoms with Gasteiger partial charge in [0, 0.05) is 34.8 Å². The number of hydrogen-bond acceptors (Lipinski definition) is 4. The van der Waals surface area contributed by atoms with Crippen molar-refractivity contribution < 1.29 is 13.2 Å². The van der Waals surface area contributed by atoms with Crippen LogP contribution in [-0.2, 0) is 15.3 Å². The van der Waals surface area contributed by atoms with Crippen molar-refractivity contribution >= 4 is 39.8 Å². The molecular weight excluding hydrogens is 431 g/mol. The molecule has 0 atom stereocenters. The summed E-state index contributed by atoms with van der Waals surface area (Å²) in [6, 6.07) is 14.0. The SMILES string of the molecule is CS(=O)(=O)c1cccc(C(=O)NC2CCC(CN)(c3cccc(Cl)c3)CC2)c1.Cl. The predicted molar refractivity (Wildman–Crippen MR) is 119 cm³/mol. The molecule has 5 nitrogen and oxygen atoms in total. The van der Waals surface area contributed by atoms with Gasteiger partial charge in [-0.3, -0.25) is 4.79 Å². The summed E-state index contributed by atoms with van der Waals surface area (Å²) in [6.45, 7) is 0.532. The van der Waals surface area contributed by atoms with Crippen LogP contribution in [0.1, 0.15) is 41.6 Å². The predicted octanol–water partition coefficient (Wildman–Crippen LogP) is 3.73. The van der Waals surface area contributed by atoms with Gasteiger partial charge in [-0.2, -0.15) is 0 Å². The number of amides is 1. The summed E-state index contributed by atoms with van der Waals surface area (Å²) in [5, 5.41) is 3.74. The van der Waals surface area contributed by atoms with E-state index in [0.717, 1.165) is 37.5 Å². The third-order valence-corrected chi connectivity index (χ3v) is 6.98. The van der Waals surface area contributed by atoms with Crippen LogP contribution in [0.15, 0.2) is 53.4 Å². The van der Waals surface area contributed by atoms with Gasteiger partial charge in [0.25, 0.3) is 5.91 Å². The highest BCUT2D eigenvalue weighted by Crippen LogP contribution is 2.39. The topological polar surface area (TPSA) is 89.3 Å². The molecule has 8 heteroatoms. The van der Waals surface area contributed by atoms with E-state index in [9.17, 15) is 13.2 Å². The molecule has 1 aliphatic rings. The number of carbonyl (C=O) groups is 1. The quantitative estimate of drug-likeness (QED) is 0.716. The first-order chi connectivity index (χ1) is 13.2. The van der Waals surface area contributed by atoms with E-state index in [1.807, 2.05) is 18.2 Å². The van der Waals surface area contributed by atoms with Gasteiger partial charge < -0.3 is 11.1 Å². The smallest absolute Gasteiger partial charge is 0.251 e. The number of hydrogen-bond donors (Lipinski definition) is 2. The minimum absolute atomic E-state index is 0. The number of nitrogens with one attached hydrogen (secondary N) is 1. The maximum absolute atomic E-state index is 12.6. The van der Waals surface area contributed by atoms with Crippen LogP contribution in [0.4, 0.5) is 0 Å². The summed E-state index contributed by atoms with van der Waals surface area (Å²) in [5.41, 5.74) is 7.51. The Balaban J connectivity index is 0.00000300. The van der Waals surface area contributed by atoms with Crippen molar-refractivity contribution in [1.29, 1.82) is 0 Å². The summed E-state index contributed by atoms with van der Waals surface area (Å²) in [7, 11) is -3.35. The van der Waals surface area contributed by atoms with Crippen LogP contribution in [0.2, 0.25) is 5.02 Å². The Morgan fingerprint density at radius 1 is 1.17 bits per heavy atom. The van der Waals surface area contributed by atoms with Crippen molar-refractivity contribution in [3.05, 3.63) is 64.7 Å². The van der Waals surface area contributed by atoms with Crippen molar-refractivity contribution in [2.45, 2.75) is 42.0 Å². The zero-order chi connectivity index (χ0) is 20.4. The Labute approximate surface area is 183 Å². The molecule has 0 unspecified atom stereocenters. The Morgan fingerprint density at radius 2 is 1.83 bits per heavy atom. The van der Waals surface area contributed by atoms with Gasteiger partial charge in [-0.1, -0.05) is 29.8 Å². The zero-order valence-corrected chi connectivity index (χ0v) is 18.6. The molecule has 1 saturated carbocycles. The minimum atomic E-state index is -3.35. The molecule has 1 aliphatic carbocycles. The van der Waals surface area contributed by atoms with Gasteiger partial charge in [0.15, 0.2) is 9.84 Å². The number of benzene rings is 2. The lowest BCUT2D eigenvalue weighted by molar-refractivity contribution is 0.0917. The maximum atomic E-state index is 12.6. The lowest BCUT2D eigenvalue weighted by atomic mass is 9.68. The number of nitrogens with two attached hydrogens (primary N) is 1. The van der Waals surface area contributed by atoms with E-state index >= 15 is 0 Å². The fraction of sp³-hybridized carbons (Fsp3) is 0.381. The minimum Gasteiger partial charge on any atom is -0.349 e. The zero-order valence-electron chi connectivity index (χ0n) is 16.2. The van der Waals surface area contributed by atoms with Gasteiger partial charge in [0.1, 0.15) is 0 Å². The summed E-state index contributed by atoms with van der Waals surface area (Å²) in [4.78, 5) is 12.7. The van der Waals surface area contributed by atoms with E-state index < -0.39 is 9.84 Å². The largest absolute Gasteiger partial charge is 0.349 e. The number of rotatable bonds is 5. The summed E-state index contributed by atoms with van der Waals surface area (Å²) >= 11 is 6.15. The molecule has 3 N–H and O–H groups in total. The highest BCUT2D eigenvalue weighted by atomic mass is 35.5. The van der Waals surface area contributed by atoms with Crippen LogP contribution in [0.25, 0.3) is 0 Å². The molecule has 0 radical (unpaired) electrons. The number of halogens is 2. The van der Waals surface area contributed by atoms with Crippen molar-refractivity contribution in [2.75, 3.05) is 12.8 Å². The average Bonchev–Trinajstić information content (AvgIpc) is 2.68. The van der Waals surface area contributed by atoms with Crippen molar-refractivity contribution in [3.63, 3.8) is 0 Å². The van der Waals surface area contributed by atoms with E-state index in [2.05, 4.69) is 11.4 Å². The molecule has 0 aromatic heterocycles. The second kappa shape index (κ2) is 9.47. The molecule has 3 rings (SSSR count). The maximum Gasteiger partial charge on any atom is 0.251 e. The Kier molecular flexibility index (Phi) is 7.74. The van der Waals surface area contributed by atoms with E-state index in [1.54, 1.807) is 12.1 Å². The summed E-state index contributed by atoms with van der Waals surface area (Å²) in [5.74, 6) is -0.251. The second-order valence-electron chi connectivity index (χ2n) is 7.54. The lowest BCUT2D eigenvalue weighted by Crippen LogP contribution is -2.45. The van der Waals surface area contributed by atoms with Crippen LogP contribution in [0, 0.1) is 0 Å². The first kappa shape index (κ1) is 23.7. The first-order valence-electron chi connectivity index (χ1n) is 9.31. The Bertz CT molecular complexity index is 971. The van der Waals surface area contributed by atoms with Gasteiger partial charge in [0.2, 0.25) is 0 Å². The molecule has 1 fully saturated rings. The molecule has 1 amide bonds. The molecule has 0 saturated heterocycles. The summed E-state index contributed by atoms with van der Waals surface area (Å²) < 4.78 is 23.4. The monoisotopic (exact) mass is 456 g/mol. The molecular formula is C21H26Cl2N2O3S. The van der Waals surface area contributed by atoms with E-state index in [0.29, 0.717) is 17.1 Å². The van der Waals surface area contributed by atoms with Crippen molar-refractivity contribution in [3.8, 4) is 0 Å². The average molecular weight is 457 g/mol. The standard InChI is InChI=1S/C21H25ClN2O3S.ClH/c1-28(26,27)19-7-2-4-15(12-19)20(25)24-18-8-10-21(14-23,11-9-18)16-5-3-6-17(22)13-16;/h2-7,12-13,18H,8-11,14,23H2,1H3,(H,24,25);1H. The molecule has 29 heavy (non-hydrogen) atoms. The molecule has 0 aliphatic heterocycles. The van der Waals surface area contributed by atoms with E-state index in [1.165, 1.54) is 12.1 Å². The van der Waals surface area contributed by atoms with Crippen LogP contribution >= 0.6 is 24.0 Å². The molecule has 2 aromatic rings. The molecule has 0 bridgehead atoms. The Hall–Kier alpha value is -1.60. The van der Waals surface area contributed by atoms with Gasteiger partial charge in [-0.05, 0) is 61.6 Å². The van der Waals surface area contributed by atoms with Crippen LogP contribution in [0.5, 0.6) is 0 Å².